The summed E-state index contributed by atoms with van der Waals surface area (Å²) in [5.74, 6) is 0.607. The van der Waals surface area contributed by atoms with Gasteiger partial charge >= 0.3 is 0 Å². The summed E-state index contributed by atoms with van der Waals surface area (Å²) in [4.78, 5) is 12.6. The lowest BCUT2D eigenvalue weighted by Crippen LogP contribution is -2.51. The van der Waals surface area contributed by atoms with E-state index in [9.17, 15) is 4.79 Å². The molecule has 1 saturated carbocycles. The number of carbonyl (C=O) groups excluding carboxylic acids is 1. The van der Waals surface area contributed by atoms with Gasteiger partial charge in [0.1, 0.15) is 5.69 Å². The maximum Gasteiger partial charge on any atom is 0.200 e. The molecule has 0 aromatic carbocycles. The molecule has 1 aromatic rings. The molecule has 0 amide bonds. The third-order valence-corrected chi connectivity index (χ3v) is 3.87. The third-order valence-electron chi connectivity index (χ3n) is 3.87. The van der Waals surface area contributed by atoms with Crippen LogP contribution < -0.4 is 5.73 Å². The summed E-state index contributed by atoms with van der Waals surface area (Å²) in [5.41, 5.74) is 6.36. The Hall–Kier alpha value is -1.16. The highest BCUT2D eigenvalue weighted by Crippen LogP contribution is 2.32. The topological polar surface area (TPSA) is 60.9 Å². The minimum absolute atomic E-state index is 0.0694. The molecule has 0 saturated heterocycles. The van der Waals surface area contributed by atoms with Gasteiger partial charge in [0.05, 0.1) is 5.54 Å². The molecule has 1 aliphatic carbocycles. The van der Waals surface area contributed by atoms with Gasteiger partial charge in [-0.3, -0.25) is 9.48 Å². The number of aromatic nitrogens is 2. The first kappa shape index (κ1) is 13.3. The summed E-state index contributed by atoms with van der Waals surface area (Å²) >= 11 is 0. The zero-order valence-electron chi connectivity index (χ0n) is 11.4. The van der Waals surface area contributed by atoms with Gasteiger partial charge in [0.15, 0.2) is 0 Å². The molecule has 2 atom stereocenters. The largest absolute Gasteiger partial charge is 0.319 e. The van der Waals surface area contributed by atoms with Gasteiger partial charge in [0, 0.05) is 12.7 Å². The van der Waals surface area contributed by atoms with E-state index >= 15 is 0 Å². The van der Waals surface area contributed by atoms with E-state index in [4.69, 9.17) is 5.73 Å². The maximum atomic E-state index is 12.6. The van der Waals surface area contributed by atoms with E-state index in [-0.39, 0.29) is 5.78 Å². The Morgan fingerprint density at radius 3 is 3.11 bits per heavy atom. The molecule has 4 nitrogen and oxygen atoms in total. The molecule has 18 heavy (non-hydrogen) atoms. The van der Waals surface area contributed by atoms with Crippen LogP contribution in [0.2, 0.25) is 0 Å². The highest BCUT2D eigenvalue weighted by molar-refractivity contribution is 6.01. The molecule has 0 spiro atoms. The van der Waals surface area contributed by atoms with Crippen LogP contribution in [-0.4, -0.2) is 21.1 Å². The van der Waals surface area contributed by atoms with E-state index in [1.165, 1.54) is 6.42 Å². The van der Waals surface area contributed by atoms with Crippen LogP contribution in [0.4, 0.5) is 0 Å². The second-order valence-electron chi connectivity index (χ2n) is 5.63. The summed E-state index contributed by atoms with van der Waals surface area (Å²) in [7, 11) is 0. The molecule has 2 N–H and O–H groups in total. The molecule has 2 unspecified atom stereocenters. The van der Waals surface area contributed by atoms with Crippen LogP contribution in [-0.2, 0) is 6.54 Å². The number of nitrogens with zero attached hydrogens (tertiary/aromatic N) is 2. The second kappa shape index (κ2) is 5.22. The molecule has 1 aromatic heterocycles. The number of ketones is 1. The fourth-order valence-corrected chi connectivity index (χ4v) is 2.97. The molecule has 4 heteroatoms. The van der Waals surface area contributed by atoms with Crippen molar-refractivity contribution < 1.29 is 4.79 Å². The average molecular weight is 249 g/mol. The van der Waals surface area contributed by atoms with Gasteiger partial charge in [-0.1, -0.05) is 26.7 Å². The lowest BCUT2D eigenvalue weighted by molar-refractivity contribution is 0.0808. The summed E-state index contributed by atoms with van der Waals surface area (Å²) in [6.45, 7) is 5.04. The number of hydrogen-bond acceptors (Lipinski definition) is 3. The van der Waals surface area contributed by atoms with Crippen LogP contribution in [0.3, 0.4) is 0 Å². The first-order valence-corrected chi connectivity index (χ1v) is 6.92. The zero-order chi connectivity index (χ0) is 13.2. The average Bonchev–Trinajstić information content (AvgIpc) is 2.76. The number of Topliss-reactive ketones (excluding diaryl/α,β-unsaturated/α-hetero) is 1. The van der Waals surface area contributed by atoms with E-state index in [1.54, 1.807) is 16.9 Å². The Morgan fingerprint density at radius 1 is 1.67 bits per heavy atom. The van der Waals surface area contributed by atoms with E-state index < -0.39 is 5.54 Å². The molecule has 100 valence electrons. The van der Waals surface area contributed by atoms with Crippen molar-refractivity contribution in [2.75, 3.05) is 0 Å². The Balaban J connectivity index is 2.21. The minimum atomic E-state index is -0.677. The normalized spacial score (nSPS) is 28.3. The number of nitrogens with two attached hydrogens (primary N) is 1. The van der Waals surface area contributed by atoms with Crippen LogP contribution in [0.25, 0.3) is 0 Å². The molecule has 1 aliphatic rings. The Bertz CT molecular complexity index is 426. The number of rotatable bonds is 4. The summed E-state index contributed by atoms with van der Waals surface area (Å²) in [6, 6.07) is 1.80. The summed E-state index contributed by atoms with van der Waals surface area (Å²) < 4.78 is 1.79. The van der Waals surface area contributed by atoms with Gasteiger partial charge < -0.3 is 5.73 Å². The standard InChI is InChI=1S/C14H23N3O/c1-3-9-17-12(6-8-16-17)13(18)14(15)7-4-5-11(2)10-14/h6,8,11H,3-5,7,9-10,15H2,1-2H3. The molecule has 0 bridgehead atoms. The van der Waals surface area contributed by atoms with Crippen molar-refractivity contribution in [2.24, 2.45) is 11.7 Å². The van der Waals surface area contributed by atoms with Crippen molar-refractivity contribution in [2.45, 2.75) is 58.0 Å². The fourth-order valence-electron chi connectivity index (χ4n) is 2.97. The lowest BCUT2D eigenvalue weighted by Gasteiger charge is -2.35. The smallest absolute Gasteiger partial charge is 0.200 e. The number of carbonyl (C=O) groups is 1. The highest BCUT2D eigenvalue weighted by atomic mass is 16.1. The molecule has 0 radical (unpaired) electrons. The number of hydrogen-bond donors (Lipinski definition) is 1. The Labute approximate surface area is 109 Å². The number of aryl methyl sites for hydroxylation is 1. The Morgan fingerprint density at radius 2 is 2.44 bits per heavy atom. The summed E-state index contributed by atoms with van der Waals surface area (Å²) in [6.07, 6.45) is 6.48. The molecule has 2 rings (SSSR count). The highest BCUT2D eigenvalue weighted by Gasteiger charge is 2.39. The van der Waals surface area contributed by atoms with Gasteiger partial charge in [0.25, 0.3) is 0 Å². The molecular weight excluding hydrogens is 226 g/mol. The molecule has 0 aliphatic heterocycles. The third kappa shape index (κ3) is 2.48. The molecule has 1 fully saturated rings. The van der Waals surface area contributed by atoms with Gasteiger partial charge in [-0.25, -0.2) is 0 Å². The van der Waals surface area contributed by atoms with Crippen LogP contribution in [0.1, 0.15) is 56.4 Å². The van der Waals surface area contributed by atoms with E-state index in [2.05, 4.69) is 18.9 Å². The molecular formula is C14H23N3O. The van der Waals surface area contributed by atoms with Crippen LogP contribution in [0.15, 0.2) is 12.3 Å². The van der Waals surface area contributed by atoms with Gasteiger partial charge in [0.2, 0.25) is 5.78 Å². The Kier molecular flexibility index (Phi) is 3.85. The second-order valence-corrected chi connectivity index (χ2v) is 5.63. The van der Waals surface area contributed by atoms with Crippen molar-refractivity contribution in [3.63, 3.8) is 0 Å². The van der Waals surface area contributed by atoms with Crippen molar-refractivity contribution in [3.8, 4) is 0 Å². The van der Waals surface area contributed by atoms with Gasteiger partial charge in [-0.15, -0.1) is 0 Å². The van der Waals surface area contributed by atoms with Gasteiger partial charge in [-0.05, 0) is 31.2 Å². The SMILES string of the molecule is CCCn1nccc1C(=O)C1(N)CCCC(C)C1. The van der Waals surface area contributed by atoms with Crippen LogP contribution in [0.5, 0.6) is 0 Å². The van der Waals surface area contributed by atoms with E-state index in [0.29, 0.717) is 11.6 Å². The van der Waals surface area contributed by atoms with E-state index in [0.717, 1.165) is 32.2 Å². The van der Waals surface area contributed by atoms with Crippen molar-refractivity contribution in [1.29, 1.82) is 0 Å². The van der Waals surface area contributed by atoms with Gasteiger partial charge in [-0.2, -0.15) is 5.10 Å². The van der Waals surface area contributed by atoms with Crippen LogP contribution in [0, 0.1) is 5.92 Å². The monoisotopic (exact) mass is 249 g/mol. The zero-order valence-corrected chi connectivity index (χ0v) is 11.4. The maximum absolute atomic E-state index is 12.6. The minimum Gasteiger partial charge on any atom is -0.319 e. The first-order valence-electron chi connectivity index (χ1n) is 6.92. The summed E-state index contributed by atoms with van der Waals surface area (Å²) in [5, 5.41) is 4.21. The quantitative estimate of drug-likeness (QED) is 0.833. The van der Waals surface area contributed by atoms with Crippen molar-refractivity contribution >= 4 is 5.78 Å². The first-order chi connectivity index (χ1) is 8.57. The van der Waals surface area contributed by atoms with E-state index in [1.807, 2.05) is 0 Å². The van der Waals surface area contributed by atoms with Crippen LogP contribution >= 0.6 is 0 Å². The van der Waals surface area contributed by atoms with Crippen molar-refractivity contribution in [1.82, 2.24) is 9.78 Å². The van der Waals surface area contributed by atoms with Crippen molar-refractivity contribution in [3.05, 3.63) is 18.0 Å². The fraction of sp³-hybridized carbons (Fsp3) is 0.714. The molecule has 1 heterocycles. The predicted molar refractivity (Wildman–Crippen MR) is 71.4 cm³/mol. The predicted octanol–water partition coefficient (Wildman–Crippen LogP) is 2.38. The lowest BCUT2D eigenvalue weighted by atomic mass is 9.74.